The lowest BCUT2D eigenvalue weighted by atomic mass is 9.94. The Hall–Kier alpha value is -4.03. The summed E-state index contributed by atoms with van der Waals surface area (Å²) in [5, 5.41) is 3.69. The molecule has 1 saturated carbocycles. The number of likely N-dealkylation sites (N-methyl/N-ethyl adjacent to an activating group) is 1. The minimum atomic E-state index is -2.43. The summed E-state index contributed by atoms with van der Waals surface area (Å²) in [5.74, 6) is 1.99. The van der Waals surface area contributed by atoms with Gasteiger partial charge in [0.25, 0.3) is 5.56 Å². The first-order valence-corrected chi connectivity index (χ1v) is 16.0. The minimum absolute atomic E-state index is 0.236. The van der Waals surface area contributed by atoms with Gasteiger partial charge in [0.05, 0.1) is 12.6 Å². The second-order valence-corrected chi connectivity index (χ2v) is 13.5. The van der Waals surface area contributed by atoms with E-state index in [4.69, 9.17) is 9.72 Å². The quantitative estimate of drug-likeness (QED) is 0.311. The van der Waals surface area contributed by atoms with E-state index in [0.29, 0.717) is 28.6 Å². The zero-order valence-corrected chi connectivity index (χ0v) is 24.4. The molecule has 0 amide bonds. The predicted octanol–water partition coefficient (Wildman–Crippen LogP) is 4.19. The summed E-state index contributed by atoms with van der Waals surface area (Å²) in [6.45, 7) is 5.88. The molecule has 0 unspecified atom stereocenters. The molecule has 3 aromatic heterocycles. The first-order valence-electron chi connectivity index (χ1n) is 13.7. The number of allylic oxidation sites excluding steroid dienone is 1. The highest BCUT2D eigenvalue weighted by Crippen LogP contribution is 2.35. The van der Waals surface area contributed by atoms with Gasteiger partial charge in [-0.1, -0.05) is 12.1 Å². The van der Waals surface area contributed by atoms with Crippen molar-refractivity contribution < 1.29 is 8.95 Å². The molecule has 1 aliphatic heterocycles. The number of nitrogens with zero attached hydrogens (tertiary/aromatic N) is 7. The number of hydrogen-bond acceptors (Lipinski definition) is 9. The van der Waals surface area contributed by atoms with Gasteiger partial charge in [0.1, 0.15) is 11.1 Å². The van der Waals surface area contributed by atoms with Gasteiger partial charge in [-0.15, -0.1) is 6.58 Å². The molecule has 1 fully saturated rings. The first-order chi connectivity index (χ1) is 19.7. The number of benzene rings is 1. The van der Waals surface area contributed by atoms with Gasteiger partial charge in [0.2, 0.25) is 5.95 Å². The van der Waals surface area contributed by atoms with Gasteiger partial charge in [-0.3, -0.25) is 4.79 Å². The third kappa shape index (κ3) is 5.62. The van der Waals surface area contributed by atoms with E-state index in [-0.39, 0.29) is 18.2 Å². The molecule has 4 aromatic rings. The van der Waals surface area contributed by atoms with Crippen LogP contribution < -0.4 is 15.6 Å². The molecule has 0 bridgehead atoms. The molecule has 12 heteroatoms. The zero-order valence-electron chi connectivity index (χ0n) is 23.5. The summed E-state index contributed by atoms with van der Waals surface area (Å²) in [6.07, 6.45) is 10.8. The van der Waals surface area contributed by atoms with Crippen LogP contribution >= 0.6 is 0 Å². The van der Waals surface area contributed by atoms with Crippen molar-refractivity contribution in [1.29, 1.82) is 0 Å². The number of aromatic nitrogens is 5. The second kappa shape index (κ2) is 10.7. The molecule has 1 aromatic carbocycles. The third-order valence-electron chi connectivity index (χ3n) is 7.31. The van der Waals surface area contributed by atoms with Gasteiger partial charge < -0.3 is 15.0 Å². The maximum Gasteiger partial charge on any atom is 0.278 e. The molecule has 214 valence electrons. The number of fused-ring (bicyclic) bond motifs is 2. The van der Waals surface area contributed by atoms with Gasteiger partial charge in [0.15, 0.2) is 17.3 Å². The van der Waals surface area contributed by atoms with Crippen molar-refractivity contribution in [1.82, 2.24) is 29.2 Å². The van der Waals surface area contributed by atoms with Crippen LogP contribution in [0.1, 0.15) is 30.4 Å². The largest absolute Gasteiger partial charge is 0.490 e. The SMILES string of the molecule is C=CCn1c(=O)c2cnc(Nc3cc4c(c(OC5CCC5)c3)CCN(C)C4)nc2n1-c1cccc(N=S(C)(C)=O)n1. The Kier molecular flexibility index (Phi) is 7.12. The van der Waals surface area contributed by atoms with Crippen LogP contribution in [0, 0.1) is 0 Å². The van der Waals surface area contributed by atoms with Crippen LogP contribution in [-0.2, 0) is 29.2 Å². The molecule has 11 nitrogen and oxygen atoms in total. The van der Waals surface area contributed by atoms with Crippen LogP contribution in [0.2, 0.25) is 0 Å². The summed E-state index contributed by atoms with van der Waals surface area (Å²) in [5.41, 5.74) is 3.44. The van der Waals surface area contributed by atoms with Crippen LogP contribution in [-0.4, -0.2) is 65.6 Å². The smallest absolute Gasteiger partial charge is 0.278 e. The maximum atomic E-state index is 13.3. The monoisotopic (exact) mass is 574 g/mol. The Morgan fingerprint density at radius 3 is 2.80 bits per heavy atom. The van der Waals surface area contributed by atoms with Crippen molar-refractivity contribution in [3.63, 3.8) is 0 Å². The third-order valence-corrected chi connectivity index (χ3v) is 7.94. The van der Waals surface area contributed by atoms with Crippen molar-refractivity contribution in [2.75, 3.05) is 31.4 Å². The molecule has 41 heavy (non-hydrogen) atoms. The fraction of sp³-hybridized carbons (Fsp3) is 0.379. The molecule has 2 aliphatic rings. The molecule has 4 heterocycles. The Balaban J connectivity index is 1.43. The van der Waals surface area contributed by atoms with Gasteiger partial charge in [-0.25, -0.2) is 23.5 Å². The van der Waals surface area contributed by atoms with E-state index >= 15 is 0 Å². The lowest BCUT2D eigenvalue weighted by Gasteiger charge is -2.31. The zero-order chi connectivity index (χ0) is 28.7. The number of nitrogens with one attached hydrogen (secondary N) is 1. The van der Waals surface area contributed by atoms with Crippen LogP contribution in [0.4, 0.5) is 17.5 Å². The molecule has 0 atom stereocenters. The predicted molar refractivity (Wildman–Crippen MR) is 161 cm³/mol. The lowest BCUT2D eigenvalue weighted by Crippen LogP contribution is -2.29. The summed E-state index contributed by atoms with van der Waals surface area (Å²) in [4.78, 5) is 29.5. The Bertz CT molecular complexity index is 1820. The van der Waals surface area contributed by atoms with Crippen molar-refractivity contribution in [3.8, 4) is 11.6 Å². The van der Waals surface area contributed by atoms with E-state index in [1.807, 2.05) is 6.07 Å². The Morgan fingerprint density at radius 2 is 2.07 bits per heavy atom. The van der Waals surface area contributed by atoms with Crippen LogP contribution in [0.15, 0.2) is 58.3 Å². The van der Waals surface area contributed by atoms with E-state index in [2.05, 4.69) is 44.2 Å². The molecule has 1 aliphatic carbocycles. The highest BCUT2D eigenvalue weighted by molar-refractivity contribution is 7.92. The van der Waals surface area contributed by atoms with Crippen molar-refractivity contribution >= 4 is 38.2 Å². The normalized spacial score (nSPS) is 15.8. The summed E-state index contributed by atoms with van der Waals surface area (Å²) in [7, 11) is -0.305. The van der Waals surface area contributed by atoms with E-state index in [1.165, 1.54) is 28.4 Å². The van der Waals surface area contributed by atoms with Crippen LogP contribution in [0.25, 0.3) is 16.9 Å². The highest BCUT2D eigenvalue weighted by Gasteiger charge is 2.25. The van der Waals surface area contributed by atoms with E-state index < -0.39 is 9.73 Å². The van der Waals surface area contributed by atoms with E-state index in [0.717, 1.165) is 43.8 Å². The van der Waals surface area contributed by atoms with Gasteiger partial charge in [0, 0.05) is 58.8 Å². The summed E-state index contributed by atoms with van der Waals surface area (Å²) < 4.78 is 26.1. The number of pyridine rings is 1. The van der Waals surface area contributed by atoms with Gasteiger partial charge in [-0.05, 0) is 56.5 Å². The summed E-state index contributed by atoms with van der Waals surface area (Å²) >= 11 is 0. The fourth-order valence-corrected chi connectivity index (χ4v) is 5.74. The molecule has 0 spiro atoms. The lowest BCUT2D eigenvalue weighted by molar-refractivity contribution is 0.118. The van der Waals surface area contributed by atoms with E-state index in [1.54, 1.807) is 41.5 Å². The van der Waals surface area contributed by atoms with Gasteiger partial charge >= 0.3 is 0 Å². The number of rotatable bonds is 8. The van der Waals surface area contributed by atoms with Crippen molar-refractivity contribution in [2.45, 2.75) is 44.9 Å². The second-order valence-electron chi connectivity index (χ2n) is 10.9. The Morgan fingerprint density at radius 1 is 1.24 bits per heavy atom. The van der Waals surface area contributed by atoms with Crippen molar-refractivity contribution in [3.05, 3.63) is 70.7 Å². The average molecular weight is 575 g/mol. The minimum Gasteiger partial charge on any atom is -0.490 e. The molecule has 0 radical (unpaired) electrons. The number of anilines is 2. The standard InChI is InChI=1S/C29H34N8O3S/c1-5-13-36-28(38)23-17-30-29(33-27(23)37(36)26-11-7-10-25(32-26)34-41(3,4)39)31-20-15-19-18-35(2)14-12-22(19)24(16-20)40-21-8-6-9-21/h5,7,10-11,15-17,21H,1,6,8-9,12-14,18H2,2-4H3,(H,30,31,33). The van der Waals surface area contributed by atoms with Gasteiger partial charge in [-0.2, -0.15) is 9.35 Å². The average Bonchev–Trinajstić information content (AvgIpc) is 3.16. The van der Waals surface area contributed by atoms with Crippen LogP contribution in [0.5, 0.6) is 5.75 Å². The highest BCUT2D eigenvalue weighted by atomic mass is 32.2. The molecule has 0 saturated heterocycles. The maximum absolute atomic E-state index is 13.3. The molecule has 6 rings (SSSR count). The fourth-order valence-electron chi connectivity index (χ4n) is 5.19. The molecular weight excluding hydrogens is 540 g/mol. The summed E-state index contributed by atoms with van der Waals surface area (Å²) in [6, 6.07) is 9.35. The number of hydrogen-bond donors (Lipinski definition) is 1. The van der Waals surface area contributed by atoms with Crippen molar-refractivity contribution in [2.24, 2.45) is 4.36 Å². The molecule has 1 N–H and O–H groups in total. The first kappa shape index (κ1) is 27.2. The van der Waals surface area contributed by atoms with E-state index in [9.17, 15) is 9.00 Å². The molecular formula is C29H34N8O3S. The topological polar surface area (TPSA) is 120 Å². The Labute approximate surface area is 239 Å². The number of ether oxygens (including phenoxy) is 1. The van der Waals surface area contributed by atoms with Crippen LogP contribution in [0.3, 0.4) is 0 Å².